The van der Waals surface area contributed by atoms with E-state index in [9.17, 15) is 0 Å². The van der Waals surface area contributed by atoms with E-state index in [-0.39, 0.29) is 0 Å². The third-order valence-corrected chi connectivity index (χ3v) is 4.94. The Kier molecular flexibility index (Phi) is 5.64. The number of nitrogens with one attached hydrogen (secondary N) is 1. The fourth-order valence-corrected chi connectivity index (χ4v) is 3.50. The molecule has 1 saturated carbocycles. The van der Waals surface area contributed by atoms with E-state index in [1.54, 1.807) is 0 Å². The first kappa shape index (κ1) is 15.6. The highest BCUT2D eigenvalue weighted by Gasteiger charge is 2.24. The second-order valence-electron chi connectivity index (χ2n) is 6.35. The van der Waals surface area contributed by atoms with Crippen molar-refractivity contribution < 1.29 is 0 Å². The largest absolute Gasteiger partial charge is 0.313 e. The fourth-order valence-electron chi connectivity index (χ4n) is 3.50. The molecule has 20 heavy (non-hydrogen) atoms. The van der Waals surface area contributed by atoms with Gasteiger partial charge in [-0.2, -0.15) is 5.10 Å². The average molecular weight is 277 g/mol. The number of aryl methyl sites for hydroxylation is 1. The van der Waals surface area contributed by atoms with Gasteiger partial charge in [0.25, 0.3) is 0 Å². The van der Waals surface area contributed by atoms with Gasteiger partial charge in [0.15, 0.2) is 0 Å². The normalized spacial score (nSPS) is 23.2. The van der Waals surface area contributed by atoms with Crippen LogP contribution in [0.3, 0.4) is 0 Å². The van der Waals surface area contributed by atoms with Crippen molar-refractivity contribution in [1.29, 1.82) is 0 Å². The van der Waals surface area contributed by atoms with Crippen molar-refractivity contribution in [2.45, 2.75) is 78.8 Å². The summed E-state index contributed by atoms with van der Waals surface area (Å²) in [6.45, 7) is 11.0. The molecule has 0 aliphatic heterocycles. The van der Waals surface area contributed by atoms with Gasteiger partial charge in [0.1, 0.15) is 0 Å². The van der Waals surface area contributed by atoms with E-state index >= 15 is 0 Å². The molecule has 0 saturated heterocycles. The van der Waals surface area contributed by atoms with E-state index in [0.29, 0.717) is 6.04 Å². The minimum Gasteiger partial charge on any atom is -0.313 e. The molecule has 0 bridgehead atoms. The maximum absolute atomic E-state index is 4.84. The molecule has 0 aromatic carbocycles. The molecule has 0 atom stereocenters. The Balaban J connectivity index is 2.04. The minimum atomic E-state index is 0.636. The van der Waals surface area contributed by atoms with Gasteiger partial charge in [0, 0.05) is 17.8 Å². The maximum Gasteiger partial charge on any atom is 0.0641 e. The number of rotatable bonds is 6. The SMILES string of the molecule is CCCNCc1c(C)nn(C2CCC(CC)CC2)c1C. The summed E-state index contributed by atoms with van der Waals surface area (Å²) in [6.07, 6.45) is 7.90. The highest BCUT2D eigenvalue weighted by molar-refractivity contribution is 5.24. The van der Waals surface area contributed by atoms with E-state index in [2.05, 4.69) is 37.7 Å². The van der Waals surface area contributed by atoms with Crippen molar-refractivity contribution >= 4 is 0 Å². The third kappa shape index (κ3) is 3.43. The summed E-state index contributed by atoms with van der Waals surface area (Å²) in [6, 6.07) is 0.636. The first-order valence-corrected chi connectivity index (χ1v) is 8.42. The van der Waals surface area contributed by atoms with Crippen molar-refractivity contribution in [2.24, 2.45) is 5.92 Å². The molecule has 0 radical (unpaired) electrons. The van der Waals surface area contributed by atoms with E-state index < -0.39 is 0 Å². The topological polar surface area (TPSA) is 29.9 Å². The molecule has 0 unspecified atom stereocenters. The van der Waals surface area contributed by atoms with E-state index in [4.69, 9.17) is 5.10 Å². The van der Waals surface area contributed by atoms with Crippen LogP contribution in [-0.2, 0) is 6.54 Å². The maximum atomic E-state index is 4.84. The highest BCUT2D eigenvalue weighted by atomic mass is 15.3. The van der Waals surface area contributed by atoms with Gasteiger partial charge in [0.2, 0.25) is 0 Å². The summed E-state index contributed by atoms with van der Waals surface area (Å²) in [4.78, 5) is 0. The zero-order valence-electron chi connectivity index (χ0n) is 13.7. The summed E-state index contributed by atoms with van der Waals surface area (Å²) < 4.78 is 2.32. The van der Waals surface area contributed by atoms with Crippen LogP contribution in [0.2, 0.25) is 0 Å². The molecule has 2 rings (SSSR count). The van der Waals surface area contributed by atoms with Crippen LogP contribution in [0.15, 0.2) is 0 Å². The van der Waals surface area contributed by atoms with Crippen LogP contribution in [0, 0.1) is 19.8 Å². The van der Waals surface area contributed by atoms with Crippen molar-refractivity contribution in [1.82, 2.24) is 15.1 Å². The van der Waals surface area contributed by atoms with Gasteiger partial charge in [-0.25, -0.2) is 0 Å². The highest BCUT2D eigenvalue weighted by Crippen LogP contribution is 2.34. The molecule has 114 valence electrons. The van der Waals surface area contributed by atoms with Crippen molar-refractivity contribution in [3.8, 4) is 0 Å². The Morgan fingerprint density at radius 1 is 1.15 bits per heavy atom. The smallest absolute Gasteiger partial charge is 0.0641 e. The summed E-state index contributed by atoms with van der Waals surface area (Å²) in [7, 11) is 0. The van der Waals surface area contributed by atoms with Crippen LogP contribution < -0.4 is 5.32 Å². The first-order chi connectivity index (χ1) is 9.67. The van der Waals surface area contributed by atoms with Gasteiger partial charge in [-0.05, 0) is 58.4 Å². The van der Waals surface area contributed by atoms with Gasteiger partial charge in [-0.15, -0.1) is 0 Å². The Labute approximate surface area is 124 Å². The van der Waals surface area contributed by atoms with Gasteiger partial charge in [-0.3, -0.25) is 4.68 Å². The minimum absolute atomic E-state index is 0.636. The quantitative estimate of drug-likeness (QED) is 0.792. The molecule has 1 heterocycles. The lowest BCUT2D eigenvalue weighted by Crippen LogP contribution is -2.20. The molecule has 3 heteroatoms. The molecular weight excluding hydrogens is 246 g/mol. The van der Waals surface area contributed by atoms with Crippen LogP contribution >= 0.6 is 0 Å². The molecule has 1 N–H and O–H groups in total. The molecule has 1 aromatic heterocycles. The lowest BCUT2D eigenvalue weighted by atomic mass is 9.84. The van der Waals surface area contributed by atoms with Crippen molar-refractivity contribution in [2.75, 3.05) is 6.54 Å². The summed E-state index contributed by atoms with van der Waals surface area (Å²) in [5.74, 6) is 0.953. The Morgan fingerprint density at radius 3 is 2.45 bits per heavy atom. The lowest BCUT2D eigenvalue weighted by molar-refractivity contribution is 0.253. The van der Waals surface area contributed by atoms with Crippen LogP contribution in [0.5, 0.6) is 0 Å². The second kappa shape index (κ2) is 7.26. The van der Waals surface area contributed by atoms with Crippen molar-refractivity contribution in [3.63, 3.8) is 0 Å². The zero-order chi connectivity index (χ0) is 14.5. The molecule has 1 aromatic rings. The number of aromatic nitrogens is 2. The van der Waals surface area contributed by atoms with Crippen molar-refractivity contribution in [3.05, 3.63) is 17.0 Å². The number of hydrogen-bond donors (Lipinski definition) is 1. The molecule has 1 fully saturated rings. The zero-order valence-corrected chi connectivity index (χ0v) is 13.7. The van der Waals surface area contributed by atoms with Crippen LogP contribution in [0.25, 0.3) is 0 Å². The standard InChI is InChI=1S/C17H31N3/c1-5-11-18-12-17-13(3)19-20(14(17)4)16-9-7-15(6-2)8-10-16/h15-16,18H,5-12H2,1-4H3. The molecule has 0 amide bonds. The summed E-state index contributed by atoms with van der Waals surface area (Å²) in [5, 5.41) is 8.35. The number of hydrogen-bond acceptors (Lipinski definition) is 2. The van der Waals surface area contributed by atoms with Crippen LogP contribution in [-0.4, -0.2) is 16.3 Å². The fraction of sp³-hybridized carbons (Fsp3) is 0.824. The van der Waals surface area contributed by atoms with E-state index in [0.717, 1.165) is 19.0 Å². The molecule has 1 aliphatic rings. The first-order valence-electron chi connectivity index (χ1n) is 8.42. The Hall–Kier alpha value is -0.830. The van der Waals surface area contributed by atoms with Crippen LogP contribution in [0.1, 0.15) is 75.4 Å². The molecule has 1 aliphatic carbocycles. The van der Waals surface area contributed by atoms with Gasteiger partial charge in [0.05, 0.1) is 11.7 Å². The summed E-state index contributed by atoms with van der Waals surface area (Å²) >= 11 is 0. The van der Waals surface area contributed by atoms with Gasteiger partial charge >= 0.3 is 0 Å². The number of nitrogens with zero attached hydrogens (tertiary/aromatic N) is 2. The second-order valence-corrected chi connectivity index (χ2v) is 6.35. The van der Waals surface area contributed by atoms with Gasteiger partial charge < -0.3 is 5.32 Å². The predicted molar refractivity (Wildman–Crippen MR) is 85.0 cm³/mol. The third-order valence-electron chi connectivity index (χ3n) is 4.94. The Bertz CT molecular complexity index is 414. The Morgan fingerprint density at radius 2 is 1.85 bits per heavy atom. The van der Waals surface area contributed by atoms with E-state index in [1.165, 1.54) is 55.5 Å². The lowest BCUT2D eigenvalue weighted by Gasteiger charge is -2.28. The monoisotopic (exact) mass is 277 g/mol. The molecular formula is C17H31N3. The van der Waals surface area contributed by atoms with E-state index in [1.807, 2.05) is 0 Å². The molecule has 0 spiro atoms. The average Bonchev–Trinajstić information content (AvgIpc) is 2.75. The predicted octanol–water partition coefficient (Wildman–Crippen LogP) is 4.14. The van der Waals surface area contributed by atoms with Crippen LogP contribution in [0.4, 0.5) is 0 Å². The summed E-state index contributed by atoms with van der Waals surface area (Å²) in [5.41, 5.74) is 4.01. The van der Waals surface area contributed by atoms with Gasteiger partial charge in [-0.1, -0.05) is 20.3 Å². The molecule has 3 nitrogen and oxygen atoms in total.